The van der Waals surface area contributed by atoms with Gasteiger partial charge in [0.25, 0.3) is 5.92 Å². The normalized spacial score (nSPS) is 18.4. The van der Waals surface area contributed by atoms with Gasteiger partial charge in [-0.25, -0.2) is 13.8 Å². The van der Waals surface area contributed by atoms with Crippen molar-refractivity contribution in [2.45, 2.75) is 18.8 Å². The van der Waals surface area contributed by atoms with E-state index in [-0.39, 0.29) is 12.8 Å². The molecule has 0 unspecified atom stereocenters. The third kappa shape index (κ3) is 3.84. The van der Waals surface area contributed by atoms with Crippen molar-refractivity contribution in [1.82, 2.24) is 14.9 Å². The van der Waals surface area contributed by atoms with Gasteiger partial charge in [-0.3, -0.25) is 4.79 Å². The molecule has 0 saturated carbocycles. The van der Waals surface area contributed by atoms with E-state index in [0.29, 0.717) is 18.7 Å². The van der Waals surface area contributed by atoms with Crippen molar-refractivity contribution in [3.05, 3.63) is 30.1 Å². The van der Waals surface area contributed by atoms with Crippen molar-refractivity contribution in [1.29, 1.82) is 0 Å². The number of carbonyl (C=O) groups excluding carboxylic acids is 1. The van der Waals surface area contributed by atoms with Crippen molar-refractivity contribution in [2.24, 2.45) is 0 Å². The third-order valence-corrected chi connectivity index (χ3v) is 3.28. The standard InChI is InChI=1S/C8H6N2O.C6H11F2N/c11-5-6-3-7-1-2-9-8(7)10-4-6;1-9-4-2-6(7,8)3-5-9/h1-5H,(H,9,10);2-5H2,1H3. The number of halogens is 2. The average molecular weight is 281 g/mol. The van der Waals surface area contributed by atoms with Crippen LogP contribution in [0.4, 0.5) is 8.78 Å². The van der Waals surface area contributed by atoms with Crippen LogP contribution in [-0.2, 0) is 0 Å². The molecule has 0 amide bonds. The highest BCUT2D eigenvalue weighted by Gasteiger charge is 2.32. The van der Waals surface area contributed by atoms with Crippen LogP contribution in [0.15, 0.2) is 24.5 Å². The number of likely N-dealkylation sites (tertiary alicyclic amines) is 1. The average Bonchev–Trinajstić information content (AvgIpc) is 2.90. The van der Waals surface area contributed by atoms with Gasteiger partial charge in [0, 0.05) is 49.3 Å². The number of nitrogens with zero attached hydrogens (tertiary/aromatic N) is 2. The van der Waals surface area contributed by atoms with E-state index in [1.807, 2.05) is 18.0 Å². The largest absolute Gasteiger partial charge is 0.346 e. The molecule has 2 aromatic heterocycles. The lowest BCUT2D eigenvalue weighted by Gasteiger charge is -2.28. The molecule has 0 atom stereocenters. The number of pyridine rings is 1. The number of H-pyrrole nitrogens is 1. The van der Waals surface area contributed by atoms with Crippen molar-refractivity contribution in [3.63, 3.8) is 0 Å². The Kier molecular flexibility index (Phi) is 4.44. The molecule has 1 fully saturated rings. The molecule has 108 valence electrons. The zero-order valence-corrected chi connectivity index (χ0v) is 11.3. The lowest BCUT2D eigenvalue weighted by atomic mass is 10.1. The van der Waals surface area contributed by atoms with E-state index in [1.165, 1.54) is 0 Å². The van der Waals surface area contributed by atoms with Gasteiger partial charge in [-0.15, -0.1) is 0 Å². The van der Waals surface area contributed by atoms with Gasteiger partial charge in [0.1, 0.15) is 5.65 Å². The lowest BCUT2D eigenvalue weighted by Crippen LogP contribution is -2.36. The molecule has 6 heteroatoms. The van der Waals surface area contributed by atoms with Gasteiger partial charge < -0.3 is 9.88 Å². The maximum absolute atomic E-state index is 12.4. The van der Waals surface area contributed by atoms with Crippen LogP contribution in [0.2, 0.25) is 0 Å². The number of aldehydes is 1. The quantitative estimate of drug-likeness (QED) is 0.818. The molecular weight excluding hydrogens is 264 g/mol. The Morgan fingerprint density at radius 1 is 1.40 bits per heavy atom. The molecular formula is C14H17F2N3O. The van der Waals surface area contributed by atoms with Gasteiger partial charge in [0.05, 0.1) is 0 Å². The number of carbonyl (C=O) groups is 1. The first kappa shape index (κ1) is 14.6. The van der Waals surface area contributed by atoms with Crippen molar-refractivity contribution in [2.75, 3.05) is 20.1 Å². The van der Waals surface area contributed by atoms with E-state index in [2.05, 4.69) is 9.97 Å². The fraction of sp³-hybridized carbons (Fsp3) is 0.429. The predicted octanol–water partition coefficient (Wildman–Crippen LogP) is 2.72. The van der Waals surface area contributed by atoms with Gasteiger partial charge in [-0.2, -0.15) is 0 Å². The third-order valence-electron chi connectivity index (χ3n) is 3.28. The van der Waals surface area contributed by atoms with Crippen LogP contribution in [0.1, 0.15) is 23.2 Å². The van der Waals surface area contributed by atoms with E-state index >= 15 is 0 Å². The van der Waals surface area contributed by atoms with Crippen LogP contribution in [0.3, 0.4) is 0 Å². The second-order valence-corrected chi connectivity index (χ2v) is 4.96. The Morgan fingerprint density at radius 3 is 2.70 bits per heavy atom. The maximum Gasteiger partial charge on any atom is 0.250 e. The lowest BCUT2D eigenvalue weighted by molar-refractivity contribution is -0.0504. The molecule has 0 aliphatic carbocycles. The van der Waals surface area contributed by atoms with Crippen LogP contribution in [0.25, 0.3) is 11.0 Å². The number of hydrogen-bond donors (Lipinski definition) is 1. The molecule has 20 heavy (non-hydrogen) atoms. The van der Waals surface area contributed by atoms with Gasteiger partial charge in [0.2, 0.25) is 0 Å². The molecule has 2 aromatic rings. The first-order chi connectivity index (χ1) is 9.50. The van der Waals surface area contributed by atoms with E-state index in [1.54, 1.807) is 18.5 Å². The summed E-state index contributed by atoms with van der Waals surface area (Å²) in [6.07, 6.45) is 4.20. The molecule has 1 aliphatic heterocycles. The zero-order chi connectivity index (χ0) is 14.6. The monoisotopic (exact) mass is 281 g/mol. The summed E-state index contributed by atoms with van der Waals surface area (Å²) in [5.41, 5.74) is 1.42. The van der Waals surface area contributed by atoms with E-state index < -0.39 is 5.92 Å². The number of fused-ring (bicyclic) bond motifs is 1. The molecule has 1 saturated heterocycles. The number of aromatic amines is 1. The summed E-state index contributed by atoms with van der Waals surface area (Å²) in [6.45, 7) is 1.07. The van der Waals surface area contributed by atoms with Crippen LogP contribution in [-0.4, -0.2) is 47.2 Å². The highest BCUT2D eigenvalue weighted by atomic mass is 19.3. The summed E-state index contributed by atoms with van der Waals surface area (Å²) in [5, 5.41) is 0.967. The van der Waals surface area contributed by atoms with Gasteiger partial charge in [-0.1, -0.05) is 0 Å². The van der Waals surface area contributed by atoms with Crippen LogP contribution >= 0.6 is 0 Å². The maximum atomic E-state index is 12.4. The van der Waals surface area contributed by atoms with E-state index in [0.717, 1.165) is 17.3 Å². The van der Waals surface area contributed by atoms with Crippen molar-refractivity contribution >= 4 is 17.3 Å². The SMILES string of the molecule is CN1CCC(F)(F)CC1.O=Cc1cnc2[nH]ccc2c1. The highest BCUT2D eigenvalue weighted by molar-refractivity contribution is 5.83. The zero-order valence-electron chi connectivity index (χ0n) is 11.3. The second kappa shape index (κ2) is 6.09. The Bertz CT molecular complexity index is 573. The summed E-state index contributed by atoms with van der Waals surface area (Å²) in [4.78, 5) is 19.2. The number of nitrogens with one attached hydrogen (secondary N) is 1. The van der Waals surface area contributed by atoms with Crippen LogP contribution in [0, 0.1) is 0 Å². The second-order valence-electron chi connectivity index (χ2n) is 4.96. The Labute approximate surface area is 115 Å². The molecule has 0 aromatic carbocycles. The molecule has 1 aliphatic rings. The molecule has 1 N–H and O–H groups in total. The number of aromatic nitrogens is 2. The number of hydrogen-bond acceptors (Lipinski definition) is 3. The first-order valence-corrected chi connectivity index (χ1v) is 6.45. The van der Waals surface area contributed by atoms with Crippen LogP contribution in [0.5, 0.6) is 0 Å². The van der Waals surface area contributed by atoms with E-state index in [4.69, 9.17) is 0 Å². The summed E-state index contributed by atoms with van der Waals surface area (Å²) in [6, 6.07) is 3.68. The summed E-state index contributed by atoms with van der Waals surface area (Å²) in [7, 11) is 1.87. The minimum Gasteiger partial charge on any atom is -0.346 e. The topological polar surface area (TPSA) is 49.0 Å². The smallest absolute Gasteiger partial charge is 0.250 e. The number of rotatable bonds is 1. The Morgan fingerprint density at radius 2 is 2.10 bits per heavy atom. The van der Waals surface area contributed by atoms with Gasteiger partial charge in [-0.05, 0) is 19.2 Å². The summed E-state index contributed by atoms with van der Waals surface area (Å²) < 4.78 is 24.7. The molecule has 3 rings (SSSR count). The fourth-order valence-electron chi connectivity index (χ4n) is 1.97. The Balaban J connectivity index is 0.000000151. The minimum absolute atomic E-state index is 0.0312. The number of alkyl halides is 2. The van der Waals surface area contributed by atoms with Crippen molar-refractivity contribution < 1.29 is 13.6 Å². The fourth-order valence-corrected chi connectivity index (χ4v) is 1.97. The molecule has 4 nitrogen and oxygen atoms in total. The summed E-state index contributed by atoms with van der Waals surface area (Å²) >= 11 is 0. The van der Waals surface area contributed by atoms with Gasteiger partial charge in [0.15, 0.2) is 6.29 Å². The predicted molar refractivity (Wildman–Crippen MR) is 73.2 cm³/mol. The number of piperidine rings is 1. The molecule has 0 bridgehead atoms. The highest BCUT2D eigenvalue weighted by Crippen LogP contribution is 2.26. The van der Waals surface area contributed by atoms with Crippen LogP contribution < -0.4 is 0 Å². The van der Waals surface area contributed by atoms with Gasteiger partial charge >= 0.3 is 0 Å². The van der Waals surface area contributed by atoms with E-state index in [9.17, 15) is 13.6 Å². The first-order valence-electron chi connectivity index (χ1n) is 6.45. The van der Waals surface area contributed by atoms with Crippen molar-refractivity contribution in [3.8, 4) is 0 Å². The molecule has 0 radical (unpaired) electrons. The Hall–Kier alpha value is -1.82. The molecule has 3 heterocycles. The minimum atomic E-state index is -2.38. The molecule has 0 spiro atoms. The summed E-state index contributed by atoms with van der Waals surface area (Å²) in [5.74, 6) is -2.38.